The van der Waals surface area contributed by atoms with Gasteiger partial charge in [-0.3, -0.25) is 4.90 Å². The Morgan fingerprint density at radius 2 is 1.71 bits per heavy atom. The SMILES string of the molecule is N#CC1=C(N)OC2=C(CN(Cc3ccccc3)C/C2=C/c2cccc(F)c2)[C@@H]1c1cccc(F)c1. The monoisotopic (exact) mass is 467 g/mol. The van der Waals surface area contributed by atoms with Crippen LogP contribution in [0, 0.1) is 23.0 Å². The summed E-state index contributed by atoms with van der Waals surface area (Å²) in [7, 11) is 0. The van der Waals surface area contributed by atoms with Crippen LogP contribution < -0.4 is 5.73 Å². The van der Waals surface area contributed by atoms with Crippen molar-refractivity contribution in [2.75, 3.05) is 13.1 Å². The van der Waals surface area contributed by atoms with Crippen LogP contribution in [0.5, 0.6) is 0 Å². The number of ether oxygens (including phenoxy) is 1. The first kappa shape index (κ1) is 22.6. The summed E-state index contributed by atoms with van der Waals surface area (Å²) in [6.07, 6.45) is 1.88. The molecule has 174 valence electrons. The Hall–Kier alpha value is -4.21. The quantitative estimate of drug-likeness (QED) is 0.541. The summed E-state index contributed by atoms with van der Waals surface area (Å²) in [4.78, 5) is 2.23. The van der Waals surface area contributed by atoms with E-state index in [-0.39, 0.29) is 23.1 Å². The lowest BCUT2D eigenvalue weighted by molar-refractivity contribution is 0.230. The van der Waals surface area contributed by atoms with E-state index in [0.29, 0.717) is 36.5 Å². The second-order valence-electron chi connectivity index (χ2n) is 8.69. The maximum atomic E-state index is 14.2. The first-order valence-corrected chi connectivity index (χ1v) is 11.3. The molecule has 0 saturated carbocycles. The molecule has 0 fully saturated rings. The van der Waals surface area contributed by atoms with E-state index in [2.05, 4.69) is 23.1 Å². The second kappa shape index (κ2) is 9.57. The average molecular weight is 468 g/mol. The van der Waals surface area contributed by atoms with E-state index < -0.39 is 5.92 Å². The molecule has 2 N–H and O–H groups in total. The van der Waals surface area contributed by atoms with E-state index in [1.165, 1.54) is 24.3 Å². The summed E-state index contributed by atoms with van der Waals surface area (Å²) in [5, 5.41) is 9.93. The predicted molar refractivity (Wildman–Crippen MR) is 130 cm³/mol. The highest BCUT2D eigenvalue weighted by Crippen LogP contribution is 2.44. The fourth-order valence-electron chi connectivity index (χ4n) is 4.76. The number of hydrogen-bond donors (Lipinski definition) is 1. The molecule has 0 unspecified atom stereocenters. The molecule has 2 aliphatic rings. The average Bonchev–Trinajstić information content (AvgIpc) is 2.84. The van der Waals surface area contributed by atoms with Gasteiger partial charge >= 0.3 is 0 Å². The molecule has 3 aromatic carbocycles. The molecule has 0 saturated heterocycles. The van der Waals surface area contributed by atoms with Crippen LogP contribution in [-0.2, 0) is 11.3 Å². The van der Waals surface area contributed by atoms with Crippen LogP contribution >= 0.6 is 0 Å². The fourth-order valence-corrected chi connectivity index (χ4v) is 4.76. The minimum Gasteiger partial charge on any atom is -0.440 e. The standard InChI is InChI=1S/C29H23F2N3O/c30-23-10-4-8-20(13-23)12-22-17-34(16-19-6-2-1-3-7-19)18-26-27(21-9-5-11-24(31)14-21)25(15-32)29(33)35-28(22)26/h1-14,27H,16-18,33H2/b22-12-/t27-/m1/s1. The smallest absolute Gasteiger partial charge is 0.205 e. The predicted octanol–water partition coefficient (Wildman–Crippen LogP) is 5.63. The lowest BCUT2D eigenvalue weighted by Crippen LogP contribution is -2.37. The maximum Gasteiger partial charge on any atom is 0.205 e. The number of halogens is 2. The van der Waals surface area contributed by atoms with E-state index >= 15 is 0 Å². The molecule has 6 heteroatoms. The van der Waals surface area contributed by atoms with E-state index in [1.54, 1.807) is 18.2 Å². The molecule has 0 amide bonds. The van der Waals surface area contributed by atoms with Crippen LogP contribution in [0.2, 0.25) is 0 Å². The van der Waals surface area contributed by atoms with Crippen LogP contribution in [0.4, 0.5) is 8.78 Å². The van der Waals surface area contributed by atoms with E-state index in [0.717, 1.165) is 16.7 Å². The van der Waals surface area contributed by atoms with Crippen LogP contribution in [0.3, 0.4) is 0 Å². The molecule has 5 rings (SSSR count). The normalized spacial score (nSPS) is 19.3. The number of nitrogens with zero attached hydrogens (tertiary/aromatic N) is 2. The van der Waals surface area contributed by atoms with Crippen molar-refractivity contribution in [2.24, 2.45) is 5.73 Å². The molecule has 2 aliphatic heterocycles. The first-order chi connectivity index (χ1) is 17.0. The van der Waals surface area contributed by atoms with Crippen molar-refractivity contribution < 1.29 is 13.5 Å². The van der Waals surface area contributed by atoms with E-state index in [9.17, 15) is 14.0 Å². The van der Waals surface area contributed by atoms with Crippen molar-refractivity contribution in [2.45, 2.75) is 12.5 Å². The van der Waals surface area contributed by atoms with Gasteiger partial charge in [0, 0.05) is 25.2 Å². The largest absolute Gasteiger partial charge is 0.440 e. The van der Waals surface area contributed by atoms with Gasteiger partial charge < -0.3 is 10.5 Å². The Labute approximate surface area is 202 Å². The Morgan fingerprint density at radius 3 is 2.43 bits per heavy atom. The van der Waals surface area contributed by atoms with Crippen molar-refractivity contribution in [3.8, 4) is 6.07 Å². The highest BCUT2D eigenvalue weighted by atomic mass is 19.1. The van der Waals surface area contributed by atoms with E-state index in [4.69, 9.17) is 10.5 Å². The number of allylic oxidation sites excluding steroid dienone is 1. The topological polar surface area (TPSA) is 62.3 Å². The third-order valence-electron chi connectivity index (χ3n) is 6.23. The van der Waals surface area contributed by atoms with Crippen molar-refractivity contribution in [1.29, 1.82) is 5.26 Å². The van der Waals surface area contributed by atoms with Gasteiger partial charge in [-0.1, -0.05) is 54.6 Å². The molecule has 4 nitrogen and oxygen atoms in total. The number of nitrogens with two attached hydrogens (primary N) is 1. The first-order valence-electron chi connectivity index (χ1n) is 11.3. The van der Waals surface area contributed by atoms with Crippen LogP contribution in [0.25, 0.3) is 6.08 Å². The zero-order valence-electron chi connectivity index (χ0n) is 18.9. The minimum absolute atomic E-state index is 0.00200. The molecule has 0 bridgehead atoms. The van der Waals surface area contributed by atoms with Gasteiger partial charge in [-0.15, -0.1) is 0 Å². The van der Waals surface area contributed by atoms with Gasteiger partial charge in [0.15, 0.2) is 0 Å². The van der Waals surface area contributed by atoms with Crippen molar-refractivity contribution >= 4 is 6.08 Å². The van der Waals surface area contributed by atoms with Gasteiger partial charge in [0.1, 0.15) is 29.0 Å². The molecule has 0 radical (unpaired) electrons. The van der Waals surface area contributed by atoms with Crippen LogP contribution in [-0.4, -0.2) is 18.0 Å². The fraction of sp³-hybridized carbons (Fsp3) is 0.138. The molecule has 0 aromatic heterocycles. The van der Waals surface area contributed by atoms with E-state index in [1.807, 2.05) is 30.3 Å². The summed E-state index contributed by atoms with van der Waals surface area (Å²) < 4.78 is 34.1. The molecule has 1 atom stereocenters. The third kappa shape index (κ3) is 4.72. The number of rotatable bonds is 4. The Bertz CT molecular complexity index is 1400. The summed E-state index contributed by atoms with van der Waals surface area (Å²) in [5.74, 6) is -0.709. The number of nitriles is 1. The van der Waals surface area contributed by atoms with Gasteiger partial charge in [-0.05, 0) is 52.6 Å². The lowest BCUT2D eigenvalue weighted by atomic mass is 9.80. The van der Waals surface area contributed by atoms with Gasteiger partial charge in [0.2, 0.25) is 5.88 Å². The van der Waals surface area contributed by atoms with Crippen LogP contribution in [0.15, 0.2) is 107 Å². The lowest BCUT2D eigenvalue weighted by Gasteiger charge is -2.38. The number of benzene rings is 3. The molecular formula is C29H23F2N3O. The maximum absolute atomic E-state index is 14.2. The third-order valence-corrected chi connectivity index (χ3v) is 6.23. The highest BCUT2D eigenvalue weighted by Gasteiger charge is 2.37. The molecule has 0 spiro atoms. The zero-order valence-corrected chi connectivity index (χ0v) is 18.9. The number of hydrogen-bond acceptors (Lipinski definition) is 4. The summed E-state index contributed by atoms with van der Waals surface area (Å²) >= 11 is 0. The van der Waals surface area contributed by atoms with Crippen molar-refractivity contribution in [3.05, 3.63) is 136 Å². The Kier molecular flexibility index (Phi) is 6.17. The Balaban J connectivity index is 1.64. The summed E-state index contributed by atoms with van der Waals surface area (Å²) in [6.45, 7) is 1.70. The van der Waals surface area contributed by atoms with Gasteiger partial charge in [-0.2, -0.15) is 5.26 Å². The van der Waals surface area contributed by atoms with Crippen molar-refractivity contribution in [1.82, 2.24) is 4.90 Å². The molecule has 3 aromatic rings. The zero-order chi connectivity index (χ0) is 24.4. The van der Waals surface area contributed by atoms with Crippen LogP contribution in [0.1, 0.15) is 22.6 Å². The molecule has 2 heterocycles. The van der Waals surface area contributed by atoms with Gasteiger partial charge in [-0.25, -0.2) is 8.78 Å². The summed E-state index contributed by atoms with van der Waals surface area (Å²) in [5.41, 5.74) is 10.6. The molecule has 0 aliphatic carbocycles. The molecule has 35 heavy (non-hydrogen) atoms. The van der Waals surface area contributed by atoms with Crippen molar-refractivity contribution in [3.63, 3.8) is 0 Å². The van der Waals surface area contributed by atoms with Gasteiger partial charge in [0.25, 0.3) is 0 Å². The minimum atomic E-state index is -0.547. The Morgan fingerprint density at radius 1 is 0.971 bits per heavy atom. The second-order valence-corrected chi connectivity index (χ2v) is 8.69. The molecular weight excluding hydrogens is 444 g/mol. The summed E-state index contributed by atoms with van der Waals surface area (Å²) in [6, 6.07) is 24.8. The van der Waals surface area contributed by atoms with Gasteiger partial charge in [0.05, 0.1) is 5.92 Å². The highest BCUT2D eigenvalue weighted by molar-refractivity contribution is 5.63.